The van der Waals surface area contributed by atoms with Gasteiger partial charge in [-0.05, 0) is 20.3 Å². The molecule has 0 saturated carbocycles. The summed E-state index contributed by atoms with van der Waals surface area (Å²) in [6, 6.07) is 0.305. The van der Waals surface area contributed by atoms with E-state index in [4.69, 9.17) is 4.99 Å². The Labute approximate surface area is 146 Å². The van der Waals surface area contributed by atoms with E-state index in [-0.39, 0.29) is 11.8 Å². The highest BCUT2D eigenvalue weighted by atomic mass is 32.1. The Morgan fingerprint density at radius 1 is 1.50 bits per heavy atom. The molecule has 3 heterocycles. The molecule has 3 rings (SSSR count). The highest BCUT2D eigenvalue weighted by Crippen LogP contribution is 2.24. The van der Waals surface area contributed by atoms with Crippen LogP contribution in [0, 0.1) is 12.8 Å². The minimum absolute atomic E-state index is 0.0568. The molecule has 0 spiro atoms. The lowest BCUT2D eigenvalue weighted by Crippen LogP contribution is -2.33. The van der Waals surface area contributed by atoms with E-state index in [1.54, 1.807) is 17.5 Å². The van der Waals surface area contributed by atoms with Crippen molar-refractivity contribution < 1.29 is 4.79 Å². The number of aromatic nitrogens is 3. The van der Waals surface area contributed by atoms with Crippen LogP contribution in [0.5, 0.6) is 0 Å². The fourth-order valence-corrected chi connectivity index (χ4v) is 4.09. The molecule has 1 amide bonds. The van der Waals surface area contributed by atoms with Gasteiger partial charge in [-0.15, -0.1) is 11.3 Å². The Kier molecular flexibility index (Phi) is 4.89. The maximum atomic E-state index is 12.2. The second kappa shape index (κ2) is 6.93. The smallest absolute Gasteiger partial charge is 0.225 e. The fourth-order valence-electron chi connectivity index (χ4n) is 3.14. The van der Waals surface area contributed by atoms with Crippen LogP contribution in [-0.4, -0.2) is 38.2 Å². The summed E-state index contributed by atoms with van der Waals surface area (Å²) in [6.45, 7) is 10.5. The molecular weight excluding hydrogens is 322 g/mol. The molecule has 1 fully saturated rings. The van der Waals surface area contributed by atoms with Crippen LogP contribution in [0.15, 0.2) is 22.8 Å². The van der Waals surface area contributed by atoms with Crippen LogP contribution in [0.25, 0.3) is 0 Å². The number of thiazole rings is 1. The fraction of sp³-hybridized carbons (Fsp3) is 0.588. The lowest BCUT2D eigenvalue weighted by Gasteiger charge is -2.19. The zero-order chi connectivity index (χ0) is 17.3. The molecule has 0 radical (unpaired) electrons. The Bertz CT molecular complexity index is 785. The average Bonchev–Trinajstić information content (AvgIpc) is 3.27. The van der Waals surface area contributed by atoms with E-state index in [1.165, 1.54) is 5.69 Å². The number of amides is 1. The molecule has 0 unspecified atom stereocenters. The van der Waals surface area contributed by atoms with Crippen LogP contribution in [0.3, 0.4) is 0 Å². The van der Waals surface area contributed by atoms with Gasteiger partial charge < -0.3 is 9.47 Å². The van der Waals surface area contributed by atoms with E-state index >= 15 is 0 Å². The van der Waals surface area contributed by atoms with Gasteiger partial charge in [0.25, 0.3) is 0 Å². The minimum Gasteiger partial charge on any atom is -0.340 e. The van der Waals surface area contributed by atoms with Crippen molar-refractivity contribution in [2.24, 2.45) is 10.9 Å². The summed E-state index contributed by atoms with van der Waals surface area (Å²) in [6.07, 6.45) is 4.74. The molecule has 0 aliphatic carbocycles. The summed E-state index contributed by atoms with van der Waals surface area (Å²) in [5.74, 6) is 0.301. The first kappa shape index (κ1) is 17.0. The predicted octanol–water partition coefficient (Wildman–Crippen LogP) is 2.74. The Balaban J connectivity index is 1.87. The number of rotatable bonds is 4. The molecule has 130 valence electrons. The van der Waals surface area contributed by atoms with Crippen LogP contribution in [-0.2, 0) is 11.3 Å². The van der Waals surface area contributed by atoms with Gasteiger partial charge in [-0.3, -0.25) is 9.48 Å². The van der Waals surface area contributed by atoms with Crippen molar-refractivity contribution in [3.05, 3.63) is 28.3 Å². The molecule has 0 bridgehead atoms. The van der Waals surface area contributed by atoms with Crippen molar-refractivity contribution >= 4 is 22.9 Å². The monoisotopic (exact) mass is 347 g/mol. The minimum atomic E-state index is 0.0568. The number of hydrogen-bond donors (Lipinski definition) is 0. The second-order valence-corrected chi connectivity index (χ2v) is 7.41. The van der Waals surface area contributed by atoms with Gasteiger partial charge in [-0.1, -0.05) is 13.8 Å². The molecular formula is C17H25N5OS. The molecule has 24 heavy (non-hydrogen) atoms. The topological polar surface area (TPSA) is 55.4 Å². The highest BCUT2D eigenvalue weighted by molar-refractivity contribution is 7.07. The van der Waals surface area contributed by atoms with Crippen molar-refractivity contribution in [3.8, 4) is 0 Å². The lowest BCUT2D eigenvalue weighted by molar-refractivity contribution is -0.133. The molecule has 1 aliphatic heterocycles. The summed E-state index contributed by atoms with van der Waals surface area (Å²) in [5, 5.41) is 6.42. The zero-order valence-electron chi connectivity index (χ0n) is 14.8. The normalized spacial score (nSPS) is 18.8. The molecule has 0 N–H and O–H groups in total. The van der Waals surface area contributed by atoms with E-state index in [9.17, 15) is 4.79 Å². The summed E-state index contributed by atoms with van der Waals surface area (Å²) in [7, 11) is 0. The van der Waals surface area contributed by atoms with Crippen LogP contribution >= 0.6 is 11.3 Å². The maximum absolute atomic E-state index is 12.2. The molecule has 1 aliphatic rings. The third kappa shape index (κ3) is 3.31. The lowest BCUT2D eigenvalue weighted by atomic mass is 10.2. The number of carbonyl (C=O) groups excluding carboxylic acids is 1. The average molecular weight is 347 g/mol. The van der Waals surface area contributed by atoms with Crippen LogP contribution in [0.2, 0.25) is 0 Å². The van der Waals surface area contributed by atoms with Gasteiger partial charge in [-0.2, -0.15) is 5.10 Å². The predicted molar refractivity (Wildman–Crippen MR) is 95.2 cm³/mol. The molecule has 2 aromatic heterocycles. The van der Waals surface area contributed by atoms with E-state index in [2.05, 4.69) is 28.9 Å². The first-order valence-corrected chi connectivity index (χ1v) is 9.40. The largest absolute Gasteiger partial charge is 0.340 e. The number of hydrogen-bond acceptors (Lipinski definition) is 4. The van der Waals surface area contributed by atoms with Gasteiger partial charge in [0.2, 0.25) is 5.91 Å². The number of nitrogens with zero attached hydrogens (tertiary/aromatic N) is 5. The highest BCUT2D eigenvalue weighted by Gasteiger charge is 2.29. The first-order chi connectivity index (χ1) is 11.5. The van der Waals surface area contributed by atoms with Gasteiger partial charge in [0.1, 0.15) is 5.69 Å². The number of carbonyl (C=O) groups is 1. The third-order valence-electron chi connectivity index (χ3n) is 4.42. The van der Waals surface area contributed by atoms with E-state index in [0.717, 1.165) is 36.5 Å². The van der Waals surface area contributed by atoms with Gasteiger partial charge >= 0.3 is 0 Å². The summed E-state index contributed by atoms with van der Waals surface area (Å²) >= 11 is 1.65. The summed E-state index contributed by atoms with van der Waals surface area (Å²) < 4.78 is 4.16. The van der Waals surface area contributed by atoms with Crippen molar-refractivity contribution in [3.63, 3.8) is 0 Å². The number of likely N-dealkylation sites (tertiary alicyclic amines) is 1. The van der Waals surface area contributed by atoms with E-state index in [1.807, 2.05) is 29.6 Å². The molecule has 6 nitrogen and oxygen atoms in total. The quantitative estimate of drug-likeness (QED) is 0.854. The van der Waals surface area contributed by atoms with Gasteiger partial charge in [-0.25, -0.2) is 4.99 Å². The number of aryl methyl sites for hydroxylation is 2. The van der Waals surface area contributed by atoms with Gasteiger partial charge in [0, 0.05) is 36.6 Å². The molecule has 2 aromatic rings. The first-order valence-electron chi connectivity index (χ1n) is 8.52. The van der Waals surface area contributed by atoms with Crippen LogP contribution in [0.1, 0.15) is 38.9 Å². The van der Waals surface area contributed by atoms with Crippen LogP contribution < -0.4 is 4.80 Å². The van der Waals surface area contributed by atoms with E-state index in [0.29, 0.717) is 6.04 Å². The van der Waals surface area contributed by atoms with Crippen molar-refractivity contribution in [1.82, 2.24) is 19.2 Å². The second-order valence-electron chi connectivity index (χ2n) is 6.58. The standard InChI is InChI=1S/C17H25N5OS/c1-5-21-9-14(8-18-21)19-17-22(13(4)11-24-17)15-6-7-20(10-15)16(23)12(2)3/h8-9,11-12,15H,5-7,10H2,1-4H3/t15-/m0/s1. The molecule has 1 saturated heterocycles. The van der Waals surface area contributed by atoms with Crippen molar-refractivity contribution in [1.29, 1.82) is 0 Å². The van der Waals surface area contributed by atoms with Crippen molar-refractivity contribution in [2.75, 3.05) is 13.1 Å². The Morgan fingerprint density at radius 3 is 2.96 bits per heavy atom. The maximum Gasteiger partial charge on any atom is 0.225 e. The molecule has 7 heteroatoms. The Hall–Kier alpha value is -1.89. The molecule has 0 aromatic carbocycles. The zero-order valence-corrected chi connectivity index (χ0v) is 15.6. The summed E-state index contributed by atoms with van der Waals surface area (Å²) in [5.41, 5.74) is 2.08. The Morgan fingerprint density at radius 2 is 2.29 bits per heavy atom. The summed E-state index contributed by atoms with van der Waals surface area (Å²) in [4.78, 5) is 20.0. The molecule has 1 atom stereocenters. The van der Waals surface area contributed by atoms with Gasteiger partial charge in [0.05, 0.1) is 18.4 Å². The van der Waals surface area contributed by atoms with E-state index < -0.39 is 0 Å². The van der Waals surface area contributed by atoms with Crippen molar-refractivity contribution in [2.45, 2.75) is 46.7 Å². The van der Waals surface area contributed by atoms with Gasteiger partial charge in [0.15, 0.2) is 4.80 Å². The third-order valence-corrected chi connectivity index (χ3v) is 5.38. The SMILES string of the molecule is CCn1cc(N=c2scc(C)n2[C@H]2CCN(C(=O)C(C)C)C2)cn1. The van der Waals surface area contributed by atoms with Crippen LogP contribution in [0.4, 0.5) is 5.69 Å².